The van der Waals surface area contributed by atoms with E-state index in [0.717, 1.165) is 23.3 Å². The maximum Gasteiger partial charge on any atom is 0.244 e. The van der Waals surface area contributed by atoms with Crippen molar-refractivity contribution in [2.45, 2.75) is 50.7 Å². The summed E-state index contributed by atoms with van der Waals surface area (Å²) in [5, 5.41) is 2.91. The topological polar surface area (TPSA) is 96.0 Å². The minimum absolute atomic E-state index is 0.101. The molecule has 2 aliphatic rings. The number of piperazine rings is 1. The molecule has 0 saturated carbocycles. The maximum absolute atomic E-state index is 13.4. The van der Waals surface area contributed by atoms with Gasteiger partial charge in [0.05, 0.1) is 11.5 Å². The molecular formula is C27H33N3O5S. The highest BCUT2D eigenvalue weighted by Crippen LogP contribution is 2.25. The number of carbonyl (C=O) groups is 2. The molecule has 2 amide bonds. The third-order valence-electron chi connectivity index (χ3n) is 6.50. The monoisotopic (exact) mass is 511 g/mol. The van der Waals surface area contributed by atoms with Crippen LogP contribution in [0.5, 0.6) is 0 Å². The average molecular weight is 512 g/mol. The number of sulfonamides is 1. The van der Waals surface area contributed by atoms with Crippen LogP contribution in [0.4, 0.5) is 0 Å². The molecule has 1 N–H and O–H groups in total. The van der Waals surface area contributed by atoms with E-state index in [0.29, 0.717) is 6.61 Å². The Kier molecular flexibility index (Phi) is 7.80. The first-order valence-electron chi connectivity index (χ1n) is 12.3. The molecule has 192 valence electrons. The van der Waals surface area contributed by atoms with Gasteiger partial charge in [0, 0.05) is 43.6 Å². The lowest BCUT2D eigenvalue weighted by atomic mass is 10.0. The summed E-state index contributed by atoms with van der Waals surface area (Å²) in [4.78, 5) is 28.1. The van der Waals surface area contributed by atoms with Crippen LogP contribution in [0.25, 0.3) is 5.76 Å². The van der Waals surface area contributed by atoms with E-state index >= 15 is 0 Å². The number of ether oxygens (including phenoxy) is 1. The number of nitrogens with one attached hydrogen (secondary N) is 1. The first kappa shape index (κ1) is 25.9. The smallest absolute Gasteiger partial charge is 0.244 e. The third kappa shape index (κ3) is 5.47. The predicted octanol–water partition coefficient (Wildman–Crippen LogP) is 3.01. The van der Waals surface area contributed by atoms with E-state index in [9.17, 15) is 18.0 Å². The molecule has 4 rings (SSSR count). The highest BCUT2D eigenvalue weighted by atomic mass is 32.2. The molecule has 36 heavy (non-hydrogen) atoms. The maximum atomic E-state index is 13.4. The van der Waals surface area contributed by atoms with Crippen molar-refractivity contribution in [3.63, 3.8) is 0 Å². The van der Waals surface area contributed by atoms with Crippen LogP contribution in [-0.2, 0) is 30.9 Å². The standard InChI is InChI=1S/C27H33N3O5S/c1-19(2)27(32)30-20(3)17-29(36(33,34)23-8-5-4-6-9-23)18-24(30)26(31)28-16-21-11-13-22(14-12-21)25-10-7-15-35-25/h4-6,8-14,19-20,24H,7,15-18H2,1-3H3,(H,28,31). The molecule has 2 unspecified atom stereocenters. The number of hydrogen-bond acceptors (Lipinski definition) is 5. The van der Waals surface area contributed by atoms with Gasteiger partial charge in [0.1, 0.15) is 11.8 Å². The summed E-state index contributed by atoms with van der Waals surface area (Å²) in [5.41, 5.74) is 1.88. The molecule has 2 aromatic carbocycles. The highest BCUT2D eigenvalue weighted by Gasteiger charge is 2.43. The van der Waals surface area contributed by atoms with Crippen LogP contribution in [0, 0.1) is 5.92 Å². The van der Waals surface area contributed by atoms with Crippen molar-refractivity contribution in [3.05, 3.63) is 71.8 Å². The SMILES string of the molecule is CC(C)C(=O)N1C(C)CN(S(=O)(=O)c2ccccc2)CC1C(=O)NCc1ccc(C2=CCCO2)cc1. The van der Waals surface area contributed by atoms with Gasteiger partial charge in [-0.1, -0.05) is 56.3 Å². The molecule has 0 aliphatic carbocycles. The molecule has 0 aromatic heterocycles. The number of nitrogens with zero attached hydrogens (tertiary/aromatic N) is 2. The number of rotatable bonds is 7. The minimum Gasteiger partial charge on any atom is -0.493 e. The molecule has 9 heteroatoms. The van der Waals surface area contributed by atoms with Gasteiger partial charge in [-0.15, -0.1) is 0 Å². The van der Waals surface area contributed by atoms with Crippen molar-refractivity contribution in [1.29, 1.82) is 0 Å². The number of benzene rings is 2. The molecule has 2 aromatic rings. The van der Waals surface area contributed by atoms with E-state index in [1.807, 2.05) is 24.3 Å². The lowest BCUT2D eigenvalue weighted by Crippen LogP contribution is -2.65. The van der Waals surface area contributed by atoms with Crippen LogP contribution in [-0.4, -0.2) is 61.2 Å². The highest BCUT2D eigenvalue weighted by molar-refractivity contribution is 7.89. The second kappa shape index (κ2) is 10.8. The lowest BCUT2D eigenvalue weighted by Gasteiger charge is -2.44. The van der Waals surface area contributed by atoms with Gasteiger partial charge < -0.3 is 15.0 Å². The normalized spacial score (nSPS) is 20.7. The summed E-state index contributed by atoms with van der Waals surface area (Å²) < 4.78 is 33.5. The Bertz CT molecular complexity index is 1230. The van der Waals surface area contributed by atoms with Gasteiger partial charge in [-0.05, 0) is 30.7 Å². The van der Waals surface area contributed by atoms with Crippen LogP contribution >= 0.6 is 0 Å². The van der Waals surface area contributed by atoms with Gasteiger partial charge >= 0.3 is 0 Å². The van der Waals surface area contributed by atoms with Crippen LogP contribution in [0.1, 0.15) is 38.3 Å². The van der Waals surface area contributed by atoms with Gasteiger partial charge in [0.2, 0.25) is 21.8 Å². The van der Waals surface area contributed by atoms with Crippen LogP contribution < -0.4 is 5.32 Å². The Morgan fingerprint density at radius 2 is 1.75 bits per heavy atom. The summed E-state index contributed by atoms with van der Waals surface area (Å²) in [6.07, 6.45) is 2.95. The van der Waals surface area contributed by atoms with Crippen LogP contribution in [0.3, 0.4) is 0 Å². The fraction of sp³-hybridized carbons (Fsp3) is 0.407. The Morgan fingerprint density at radius 3 is 2.36 bits per heavy atom. The fourth-order valence-electron chi connectivity index (χ4n) is 4.57. The largest absolute Gasteiger partial charge is 0.493 e. The van der Waals surface area contributed by atoms with E-state index in [-0.39, 0.29) is 42.3 Å². The number of carbonyl (C=O) groups excluding carboxylic acids is 2. The van der Waals surface area contributed by atoms with Gasteiger partial charge in [0.25, 0.3) is 0 Å². The molecular weight excluding hydrogens is 478 g/mol. The molecule has 2 aliphatic heterocycles. The van der Waals surface area contributed by atoms with Gasteiger partial charge in [-0.25, -0.2) is 8.42 Å². The summed E-state index contributed by atoms with van der Waals surface area (Å²) in [7, 11) is -3.81. The predicted molar refractivity (Wildman–Crippen MR) is 137 cm³/mol. The summed E-state index contributed by atoms with van der Waals surface area (Å²) >= 11 is 0. The molecule has 0 spiro atoms. The van der Waals surface area contributed by atoms with E-state index < -0.39 is 22.1 Å². The van der Waals surface area contributed by atoms with E-state index in [4.69, 9.17) is 4.74 Å². The zero-order valence-corrected chi connectivity index (χ0v) is 21.7. The van der Waals surface area contributed by atoms with Gasteiger partial charge in [-0.2, -0.15) is 4.31 Å². The number of amides is 2. The summed E-state index contributed by atoms with van der Waals surface area (Å²) in [6.45, 7) is 6.32. The Morgan fingerprint density at radius 1 is 1.06 bits per heavy atom. The molecule has 2 heterocycles. The van der Waals surface area contributed by atoms with Crippen molar-refractivity contribution in [2.24, 2.45) is 5.92 Å². The Balaban J connectivity index is 1.52. The summed E-state index contributed by atoms with van der Waals surface area (Å²) in [6, 6.07) is 14.5. The van der Waals surface area contributed by atoms with Crippen molar-refractivity contribution >= 4 is 27.6 Å². The van der Waals surface area contributed by atoms with Gasteiger partial charge in [-0.3, -0.25) is 9.59 Å². The lowest BCUT2D eigenvalue weighted by molar-refractivity contribution is -0.148. The average Bonchev–Trinajstić information content (AvgIpc) is 3.42. The molecule has 2 atom stereocenters. The van der Waals surface area contributed by atoms with Crippen molar-refractivity contribution in [3.8, 4) is 0 Å². The molecule has 0 radical (unpaired) electrons. The quantitative estimate of drug-likeness (QED) is 0.617. The molecule has 1 fully saturated rings. The first-order valence-corrected chi connectivity index (χ1v) is 13.7. The molecule has 8 nitrogen and oxygen atoms in total. The fourth-order valence-corrected chi connectivity index (χ4v) is 6.12. The van der Waals surface area contributed by atoms with Crippen LogP contribution in [0.2, 0.25) is 0 Å². The zero-order chi connectivity index (χ0) is 25.9. The van der Waals surface area contributed by atoms with E-state index in [2.05, 4.69) is 11.4 Å². The first-order chi connectivity index (χ1) is 17.2. The van der Waals surface area contributed by atoms with Crippen LogP contribution in [0.15, 0.2) is 65.6 Å². The minimum atomic E-state index is -3.81. The summed E-state index contributed by atoms with van der Waals surface area (Å²) in [5.74, 6) is -0.00709. The Hall–Kier alpha value is -3.17. The Labute approximate surface area is 213 Å². The molecule has 1 saturated heterocycles. The zero-order valence-electron chi connectivity index (χ0n) is 20.9. The van der Waals surface area contributed by atoms with Crippen molar-refractivity contribution < 1.29 is 22.7 Å². The molecule has 0 bridgehead atoms. The number of hydrogen-bond donors (Lipinski definition) is 1. The third-order valence-corrected chi connectivity index (χ3v) is 8.34. The van der Waals surface area contributed by atoms with E-state index in [1.165, 1.54) is 16.4 Å². The second-order valence-electron chi connectivity index (χ2n) is 9.52. The van der Waals surface area contributed by atoms with E-state index in [1.54, 1.807) is 43.9 Å². The van der Waals surface area contributed by atoms with Gasteiger partial charge in [0.15, 0.2) is 0 Å². The van der Waals surface area contributed by atoms with Crippen molar-refractivity contribution in [2.75, 3.05) is 19.7 Å². The van der Waals surface area contributed by atoms with Crippen molar-refractivity contribution in [1.82, 2.24) is 14.5 Å². The second-order valence-corrected chi connectivity index (χ2v) is 11.5.